The average molecular weight is 340 g/mol. The number of benzene rings is 1. The molecule has 0 aliphatic carbocycles. The average Bonchev–Trinajstić information content (AvgIpc) is 2.52. The summed E-state index contributed by atoms with van der Waals surface area (Å²) in [5, 5.41) is 2.83. The van der Waals surface area contributed by atoms with Gasteiger partial charge in [0, 0.05) is 25.7 Å². The molecule has 5 nitrogen and oxygen atoms in total. The lowest BCUT2D eigenvalue weighted by molar-refractivity contribution is 0.0952. The molecule has 23 heavy (non-hydrogen) atoms. The highest BCUT2D eigenvalue weighted by molar-refractivity contribution is 7.89. The van der Waals surface area contributed by atoms with Crippen molar-refractivity contribution >= 4 is 15.9 Å². The Bertz CT molecular complexity index is 612. The van der Waals surface area contributed by atoms with E-state index in [1.54, 1.807) is 19.2 Å². The van der Waals surface area contributed by atoms with E-state index in [1.807, 2.05) is 6.92 Å². The third-order valence-corrected chi connectivity index (χ3v) is 5.49. The van der Waals surface area contributed by atoms with Crippen LogP contribution in [0.3, 0.4) is 0 Å². The number of carbonyl (C=O) groups excluding carboxylic acids is 1. The summed E-state index contributed by atoms with van der Waals surface area (Å²) in [6, 6.07) is 6.22. The third-order valence-electron chi connectivity index (χ3n) is 3.64. The van der Waals surface area contributed by atoms with E-state index >= 15 is 0 Å². The molecule has 0 spiro atoms. The molecule has 1 N–H and O–H groups in total. The summed E-state index contributed by atoms with van der Waals surface area (Å²) in [4.78, 5) is 12.3. The van der Waals surface area contributed by atoms with Gasteiger partial charge in [-0.1, -0.05) is 33.3 Å². The Kier molecular flexibility index (Phi) is 7.72. The van der Waals surface area contributed by atoms with Gasteiger partial charge in [0.2, 0.25) is 10.0 Å². The van der Waals surface area contributed by atoms with E-state index < -0.39 is 10.0 Å². The fraction of sp³-hybridized carbons (Fsp3) is 0.588. The second kappa shape index (κ2) is 9.03. The quantitative estimate of drug-likeness (QED) is 0.751. The minimum atomic E-state index is -3.55. The van der Waals surface area contributed by atoms with E-state index in [2.05, 4.69) is 19.2 Å². The number of hydrogen-bond acceptors (Lipinski definition) is 3. The SMILES string of the molecule is CCCCN(C)S(=O)(=O)c1cccc(C(=O)NCCC(C)C)c1. The van der Waals surface area contributed by atoms with Crippen LogP contribution in [0.4, 0.5) is 0 Å². The van der Waals surface area contributed by atoms with Crippen molar-refractivity contribution in [3.8, 4) is 0 Å². The molecule has 0 radical (unpaired) electrons. The van der Waals surface area contributed by atoms with Gasteiger partial charge in [0.25, 0.3) is 5.91 Å². The fourth-order valence-electron chi connectivity index (χ4n) is 2.06. The largest absolute Gasteiger partial charge is 0.352 e. The van der Waals surface area contributed by atoms with Crippen molar-refractivity contribution in [2.24, 2.45) is 5.92 Å². The van der Waals surface area contributed by atoms with Crippen molar-refractivity contribution in [1.82, 2.24) is 9.62 Å². The van der Waals surface area contributed by atoms with Crippen LogP contribution >= 0.6 is 0 Å². The van der Waals surface area contributed by atoms with Crippen molar-refractivity contribution in [3.05, 3.63) is 29.8 Å². The topological polar surface area (TPSA) is 66.5 Å². The first kappa shape index (κ1) is 19.6. The van der Waals surface area contributed by atoms with E-state index in [-0.39, 0.29) is 10.8 Å². The number of nitrogens with zero attached hydrogens (tertiary/aromatic N) is 1. The van der Waals surface area contributed by atoms with Gasteiger partial charge in [0.15, 0.2) is 0 Å². The van der Waals surface area contributed by atoms with E-state index in [1.165, 1.54) is 16.4 Å². The van der Waals surface area contributed by atoms with Gasteiger partial charge in [-0.2, -0.15) is 0 Å². The minimum absolute atomic E-state index is 0.160. The molecular weight excluding hydrogens is 312 g/mol. The molecule has 1 amide bonds. The molecule has 1 aromatic rings. The second-order valence-electron chi connectivity index (χ2n) is 6.15. The predicted molar refractivity (Wildman–Crippen MR) is 93.0 cm³/mol. The first-order chi connectivity index (χ1) is 10.8. The number of carbonyl (C=O) groups is 1. The zero-order valence-corrected chi connectivity index (χ0v) is 15.3. The Labute approximate surface area is 140 Å². The minimum Gasteiger partial charge on any atom is -0.352 e. The molecule has 0 fully saturated rings. The Morgan fingerprint density at radius 2 is 2.00 bits per heavy atom. The molecule has 0 unspecified atom stereocenters. The van der Waals surface area contributed by atoms with Gasteiger partial charge in [0.05, 0.1) is 4.90 Å². The maximum absolute atomic E-state index is 12.5. The lowest BCUT2D eigenvalue weighted by Gasteiger charge is -2.17. The number of amides is 1. The highest BCUT2D eigenvalue weighted by Crippen LogP contribution is 2.16. The summed E-state index contributed by atoms with van der Waals surface area (Å²) in [5.74, 6) is 0.271. The maximum atomic E-state index is 12.5. The molecule has 130 valence electrons. The van der Waals surface area contributed by atoms with Crippen LogP contribution in [0.1, 0.15) is 50.4 Å². The smallest absolute Gasteiger partial charge is 0.251 e. The number of unbranched alkanes of at least 4 members (excludes halogenated alkanes) is 1. The molecule has 0 aliphatic heterocycles. The fourth-order valence-corrected chi connectivity index (χ4v) is 3.31. The molecule has 1 rings (SSSR count). The first-order valence-corrected chi connectivity index (χ1v) is 9.57. The van der Waals surface area contributed by atoms with Crippen LogP contribution in [0, 0.1) is 5.92 Å². The van der Waals surface area contributed by atoms with Gasteiger partial charge in [-0.15, -0.1) is 0 Å². The van der Waals surface area contributed by atoms with Crippen LogP contribution in [0.25, 0.3) is 0 Å². The first-order valence-electron chi connectivity index (χ1n) is 8.13. The molecule has 0 atom stereocenters. The monoisotopic (exact) mass is 340 g/mol. The van der Waals surface area contributed by atoms with E-state index in [0.29, 0.717) is 24.6 Å². The Hall–Kier alpha value is -1.40. The summed E-state index contributed by atoms with van der Waals surface area (Å²) in [6.07, 6.45) is 2.63. The van der Waals surface area contributed by atoms with Crippen LogP contribution < -0.4 is 5.32 Å². The Morgan fingerprint density at radius 1 is 1.30 bits per heavy atom. The molecule has 0 heterocycles. The van der Waals surface area contributed by atoms with Crippen LogP contribution in [0.15, 0.2) is 29.2 Å². The van der Waals surface area contributed by atoms with Gasteiger partial charge < -0.3 is 5.32 Å². The highest BCUT2D eigenvalue weighted by atomic mass is 32.2. The number of sulfonamides is 1. The molecule has 1 aromatic carbocycles. The lowest BCUT2D eigenvalue weighted by Crippen LogP contribution is -2.29. The standard InChI is InChI=1S/C17H28N2O3S/c1-5-6-12-19(4)23(21,22)16-9-7-8-15(13-16)17(20)18-11-10-14(2)3/h7-9,13-14H,5-6,10-12H2,1-4H3,(H,18,20). The lowest BCUT2D eigenvalue weighted by atomic mass is 10.1. The Morgan fingerprint density at radius 3 is 2.61 bits per heavy atom. The van der Waals surface area contributed by atoms with Crippen molar-refractivity contribution < 1.29 is 13.2 Å². The van der Waals surface area contributed by atoms with Crippen LogP contribution in [0.5, 0.6) is 0 Å². The molecule has 0 saturated heterocycles. The molecule has 0 aliphatic rings. The van der Waals surface area contributed by atoms with E-state index in [4.69, 9.17) is 0 Å². The zero-order valence-electron chi connectivity index (χ0n) is 14.5. The summed E-state index contributed by atoms with van der Waals surface area (Å²) in [6.45, 7) is 7.26. The molecule has 6 heteroatoms. The van der Waals surface area contributed by atoms with Gasteiger partial charge in [-0.05, 0) is 37.0 Å². The second-order valence-corrected chi connectivity index (χ2v) is 8.19. The molecular formula is C17H28N2O3S. The van der Waals surface area contributed by atoms with Gasteiger partial charge in [-0.3, -0.25) is 4.79 Å². The number of hydrogen-bond donors (Lipinski definition) is 1. The van der Waals surface area contributed by atoms with Crippen LogP contribution in [0.2, 0.25) is 0 Å². The predicted octanol–water partition coefficient (Wildman–Crippen LogP) is 2.88. The number of rotatable bonds is 9. The maximum Gasteiger partial charge on any atom is 0.251 e. The third kappa shape index (κ3) is 5.95. The zero-order chi connectivity index (χ0) is 17.5. The molecule has 0 saturated carbocycles. The van der Waals surface area contributed by atoms with Crippen molar-refractivity contribution in [2.45, 2.75) is 44.9 Å². The normalized spacial score (nSPS) is 11.9. The van der Waals surface area contributed by atoms with Crippen LogP contribution in [-0.2, 0) is 10.0 Å². The van der Waals surface area contributed by atoms with Crippen LogP contribution in [-0.4, -0.2) is 38.8 Å². The summed E-state index contributed by atoms with van der Waals surface area (Å²) >= 11 is 0. The van der Waals surface area contributed by atoms with E-state index in [9.17, 15) is 13.2 Å². The summed E-state index contributed by atoms with van der Waals surface area (Å²) in [5.41, 5.74) is 0.374. The summed E-state index contributed by atoms with van der Waals surface area (Å²) < 4.78 is 26.4. The molecule has 0 bridgehead atoms. The highest BCUT2D eigenvalue weighted by Gasteiger charge is 2.21. The van der Waals surface area contributed by atoms with E-state index in [0.717, 1.165) is 19.3 Å². The number of nitrogens with one attached hydrogen (secondary N) is 1. The Balaban J connectivity index is 2.85. The molecule has 0 aromatic heterocycles. The van der Waals surface area contributed by atoms with Crippen molar-refractivity contribution in [3.63, 3.8) is 0 Å². The summed E-state index contributed by atoms with van der Waals surface area (Å²) in [7, 11) is -1.98. The van der Waals surface area contributed by atoms with Gasteiger partial charge >= 0.3 is 0 Å². The van der Waals surface area contributed by atoms with Gasteiger partial charge in [-0.25, -0.2) is 12.7 Å². The van der Waals surface area contributed by atoms with Crippen molar-refractivity contribution in [2.75, 3.05) is 20.1 Å². The van der Waals surface area contributed by atoms with Gasteiger partial charge in [0.1, 0.15) is 0 Å². The van der Waals surface area contributed by atoms with Crippen molar-refractivity contribution in [1.29, 1.82) is 0 Å².